The van der Waals surface area contributed by atoms with Gasteiger partial charge in [-0.05, 0) is 29.8 Å². The number of amides is 2. The molecule has 2 rings (SSSR count). The monoisotopic (exact) mass is 346 g/mol. The fraction of sp³-hybridized carbons (Fsp3) is 0.222. The lowest BCUT2D eigenvalue weighted by atomic mass is 10.1. The zero-order valence-corrected chi connectivity index (χ0v) is 14.0. The van der Waals surface area contributed by atoms with Gasteiger partial charge in [0.1, 0.15) is 17.3 Å². The summed E-state index contributed by atoms with van der Waals surface area (Å²) in [5.74, 6) is -0.148. The summed E-state index contributed by atoms with van der Waals surface area (Å²) in [5.41, 5.74) is 1.00. The Balaban J connectivity index is 1.87. The Morgan fingerprint density at radius 2 is 1.84 bits per heavy atom. The van der Waals surface area contributed by atoms with Gasteiger partial charge in [-0.2, -0.15) is 0 Å². The second kappa shape index (κ2) is 8.68. The van der Waals surface area contributed by atoms with Crippen molar-refractivity contribution in [2.24, 2.45) is 0 Å². The number of carbonyl (C=O) groups is 2. The topological polar surface area (TPSA) is 76.7 Å². The van der Waals surface area contributed by atoms with Crippen molar-refractivity contribution < 1.29 is 23.5 Å². The van der Waals surface area contributed by atoms with Crippen LogP contribution in [0, 0.1) is 5.82 Å². The van der Waals surface area contributed by atoms with Crippen molar-refractivity contribution in [3.05, 3.63) is 53.8 Å². The lowest BCUT2D eigenvalue weighted by molar-refractivity contribution is -0.123. The number of halogens is 1. The van der Waals surface area contributed by atoms with E-state index in [9.17, 15) is 14.0 Å². The molecule has 0 saturated heterocycles. The third-order valence-electron chi connectivity index (χ3n) is 3.38. The molecule has 2 N–H and O–H groups in total. The SMILES string of the molecule is COc1ccc(NC(=O)CNC(=O)Cc2cccc(F)c2)c(OC)c1. The first-order valence-electron chi connectivity index (χ1n) is 7.55. The minimum Gasteiger partial charge on any atom is -0.497 e. The Kier molecular flexibility index (Phi) is 6.33. The Bertz CT molecular complexity index is 764. The quantitative estimate of drug-likeness (QED) is 0.805. The minimum absolute atomic E-state index is 0.00308. The summed E-state index contributed by atoms with van der Waals surface area (Å²) in [6, 6.07) is 10.7. The predicted octanol–water partition coefficient (Wildman–Crippen LogP) is 2.14. The number of carbonyl (C=O) groups excluding carboxylic acids is 2. The van der Waals surface area contributed by atoms with Gasteiger partial charge in [-0.1, -0.05) is 12.1 Å². The zero-order chi connectivity index (χ0) is 18.2. The van der Waals surface area contributed by atoms with Crippen LogP contribution in [-0.4, -0.2) is 32.6 Å². The van der Waals surface area contributed by atoms with Crippen LogP contribution >= 0.6 is 0 Å². The van der Waals surface area contributed by atoms with Crippen molar-refractivity contribution in [1.82, 2.24) is 5.32 Å². The van der Waals surface area contributed by atoms with Gasteiger partial charge >= 0.3 is 0 Å². The van der Waals surface area contributed by atoms with Crippen LogP contribution < -0.4 is 20.1 Å². The number of methoxy groups -OCH3 is 2. The highest BCUT2D eigenvalue weighted by atomic mass is 19.1. The summed E-state index contributed by atoms with van der Waals surface area (Å²) in [5, 5.41) is 5.14. The number of hydrogen-bond donors (Lipinski definition) is 2. The third kappa shape index (κ3) is 5.49. The van der Waals surface area contributed by atoms with Crippen LogP contribution in [-0.2, 0) is 16.0 Å². The number of benzene rings is 2. The average molecular weight is 346 g/mol. The van der Waals surface area contributed by atoms with E-state index in [0.29, 0.717) is 22.7 Å². The van der Waals surface area contributed by atoms with Crippen molar-refractivity contribution in [1.29, 1.82) is 0 Å². The summed E-state index contributed by atoms with van der Waals surface area (Å²) < 4.78 is 23.4. The van der Waals surface area contributed by atoms with Gasteiger partial charge in [0.05, 0.1) is 32.9 Å². The fourth-order valence-electron chi connectivity index (χ4n) is 2.17. The lowest BCUT2D eigenvalue weighted by Gasteiger charge is -2.12. The zero-order valence-electron chi connectivity index (χ0n) is 14.0. The average Bonchev–Trinajstić information content (AvgIpc) is 2.60. The molecule has 2 aromatic rings. The molecular weight excluding hydrogens is 327 g/mol. The molecule has 0 saturated carbocycles. The van der Waals surface area contributed by atoms with Crippen molar-refractivity contribution in [3.63, 3.8) is 0 Å². The van der Waals surface area contributed by atoms with E-state index in [1.165, 1.54) is 32.4 Å². The molecule has 0 aliphatic heterocycles. The van der Waals surface area contributed by atoms with Crippen LogP contribution in [0.3, 0.4) is 0 Å². The molecule has 25 heavy (non-hydrogen) atoms. The molecule has 132 valence electrons. The molecule has 0 spiro atoms. The number of rotatable bonds is 7. The van der Waals surface area contributed by atoms with Crippen LogP contribution in [0.25, 0.3) is 0 Å². The Labute approximate surface area is 144 Å². The van der Waals surface area contributed by atoms with Crippen molar-refractivity contribution in [2.45, 2.75) is 6.42 Å². The summed E-state index contributed by atoms with van der Waals surface area (Å²) in [6.07, 6.45) is -0.00308. The molecule has 6 nitrogen and oxygen atoms in total. The lowest BCUT2D eigenvalue weighted by Crippen LogP contribution is -2.33. The van der Waals surface area contributed by atoms with Crippen LogP contribution in [0.15, 0.2) is 42.5 Å². The van der Waals surface area contributed by atoms with Crippen molar-refractivity contribution >= 4 is 17.5 Å². The number of ether oxygens (including phenoxy) is 2. The largest absolute Gasteiger partial charge is 0.497 e. The standard InChI is InChI=1S/C18H19FN2O4/c1-24-14-6-7-15(16(10-14)25-2)21-18(23)11-20-17(22)9-12-4-3-5-13(19)8-12/h3-8,10H,9,11H2,1-2H3,(H,20,22)(H,21,23). The highest BCUT2D eigenvalue weighted by Gasteiger charge is 2.11. The summed E-state index contributed by atoms with van der Waals surface area (Å²) >= 11 is 0. The van der Waals surface area contributed by atoms with Gasteiger partial charge in [0.15, 0.2) is 0 Å². The first-order valence-corrected chi connectivity index (χ1v) is 7.55. The molecule has 2 aromatic carbocycles. The Morgan fingerprint density at radius 1 is 1.04 bits per heavy atom. The second-order valence-electron chi connectivity index (χ2n) is 5.20. The molecule has 0 unspecified atom stereocenters. The van der Waals surface area contributed by atoms with Crippen molar-refractivity contribution in [2.75, 3.05) is 26.1 Å². The normalized spacial score (nSPS) is 10.0. The van der Waals surface area contributed by atoms with E-state index in [0.717, 1.165) is 0 Å². The summed E-state index contributed by atoms with van der Waals surface area (Å²) in [6.45, 7) is -0.205. The van der Waals surface area contributed by atoms with E-state index in [1.807, 2.05) is 0 Å². The van der Waals surface area contributed by atoms with Gasteiger partial charge < -0.3 is 20.1 Å². The highest BCUT2D eigenvalue weighted by Crippen LogP contribution is 2.28. The molecule has 0 atom stereocenters. The van der Waals surface area contributed by atoms with E-state index in [1.54, 1.807) is 24.3 Å². The van der Waals surface area contributed by atoms with E-state index < -0.39 is 11.7 Å². The van der Waals surface area contributed by atoms with E-state index >= 15 is 0 Å². The molecule has 0 heterocycles. The first kappa shape index (κ1) is 18.3. The first-order chi connectivity index (χ1) is 12.0. The molecule has 7 heteroatoms. The van der Waals surface area contributed by atoms with E-state index in [2.05, 4.69) is 10.6 Å². The maximum Gasteiger partial charge on any atom is 0.243 e. The number of nitrogens with one attached hydrogen (secondary N) is 2. The number of anilines is 1. The van der Waals surface area contributed by atoms with Gasteiger partial charge in [-0.3, -0.25) is 9.59 Å². The van der Waals surface area contributed by atoms with Gasteiger partial charge in [0, 0.05) is 6.07 Å². The molecular formula is C18H19FN2O4. The van der Waals surface area contributed by atoms with Gasteiger partial charge in [0.25, 0.3) is 0 Å². The van der Waals surface area contributed by atoms with Gasteiger partial charge in [0.2, 0.25) is 11.8 Å². The minimum atomic E-state index is -0.408. The maximum atomic E-state index is 13.1. The van der Waals surface area contributed by atoms with E-state index in [-0.39, 0.29) is 18.9 Å². The van der Waals surface area contributed by atoms with Crippen molar-refractivity contribution in [3.8, 4) is 11.5 Å². The van der Waals surface area contributed by atoms with Gasteiger partial charge in [-0.25, -0.2) is 4.39 Å². The smallest absolute Gasteiger partial charge is 0.243 e. The van der Waals surface area contributed by atoms with E-state index in [4.69, 9.17) is 9.47 Å². The van der Waals surface area contributed by atoms with Crippen LogP contribution in [0.5, 0.6) is 11.5 Å². The molecule has 0 radical (unpaired) electrons. The van der Waals surface area contributed by atoms with Crippen LogP contribution in [0.1, 0.15) is 5.56 Å². The fourth-order valence-corrected chi connectivity index (χ4v) is 2.17. The molecule has 2 amide bonds. The maximum absolute atomic E-state index is 13.1. The van der Waals surface area contributed by atoms with Gasteiger partial charge in [-0.15, -0.1) is 0 Å². The Hall–Kier alpha value is -3.09. The second-order valence-corrected chi connectivity index (χ2v) is 5.20. The highest BCUT2D eigenvalue weighted by molar-refractivity contribution is 5.96. The molecule has 0 bridgehead atoms. The predicted molar refractivity (Wildman–Crippen MR) is 91.3 cm³/mol. The van der Waals surface area contributed by atoms with Crippen LogP contribution in [0.4, 0.5) is 10.1 Å². The summed E-state index contributed by atoms with van der Waals surface area (Å²) in [7, 11) is 3.01. The third-order valence-corrected chi connectivity index (χ3v) is 3.38. The molecule has 0 aliphatic carbocycles. The molecule has 0 aromatic heterocycles. The molecule has 0 aliphatic rings. The molecule has 0 fully saturated rings. The summed E-state index contributed by atoms with van der Waals surface area (Å²) in [4.78, 5) is 23.8. The Morgan fingerprint density at radius 3 is 2.52 bits per heavy atom. The van der Waals surface area contributed by atoms with Crippen LogP contribution in [0.2, 0.25) is 0 Å². The number of hydrogen-bond acceptors (Lipinski definition) is 4.